The van der Waals surface area contributed by atoms with Crippen LogP contribution in [0.2, 0.25) is 0 Å². The Morgan fingerprint density at radius 3 is 2.77 bits per heavy atom. The summed E-state index contributed by atoms with van der Waals surface area (Å²) >= 11 is 1.41. The van der Waals surface area contributed by atoms with Crippen molar-refractivity contribution in [1.29, 1.82) is 0 Å². The first-order valence-electron chi connectivity index (χ1n) is 8.64. The molecule has 6 heteroatoms. The van der Waals surface area contributed by atoms with Gasteiger partial charge >= 0.3 is 0 Å². The number of likely N-dealkylation sites (N-methyl/N-ethyl adjacent to an activating group) is 1. The van der Waals surface area contributed by atoms with E-state index >= 15 is 0 Å². The fourth-order valence-electron chi connectivity index (χ4n) is 3.56. The Kier molecular flexibility index (Phi) is 5.27. The number of likely N-dealkylation sites (tertiary alicyclic amines) is 1. The summed E-state index contributed by atoms with van der Waals surface area (Å²) in [5.41, 5.74) is 1.45. The number of rotatable bonds is 5. The van der Waals surface area contributed by atoms with E-state index in [0.717, 1.165) is 11.1 Å². The molecule has 1 aromatic carbocycles. The molecule has 1 aliphatic heterocycles. The van der Waals surface area contributed by atoms with Gasteiger partial charge in [-0.15, -0.1) is 11.3 Å². The second-order valence-corrected chi connectivity index (χ2v) is 8.16. The molecule has 0 unspecified atom stereocenters. The number of ketones is 1. The average molecular weight is 372 g/mol. The van der Waals surface area contributed by atoms with Gasteiger partial charge in [-0.3, -0.25) is 9.59 Å². The lowest BCUT2D eigenvalue weighted by atomic mass is 10.0. The molecule has 5 nitrogen and oxygen atoms in total. The predicted molar refractivity (Wildman–Crippen MR) is 104 cm³/mol. The number of benzene rings is 1. The largest absolute Gasteiger partial charge is 0.387 e. The smallest absolute Gasteiger partial charge is 0.253 e. The zero-order chi connectivity index (χ0) is 18.9. The monoisotopic (exact) mass is 372 g/mol. The lowest BCUT2D eigenvalue weighted by Crippen LogP contribution is -2.43. The Labute approximate surface area is 157 Å². The number of carbonyl (C=O) groups excluding carboxylic acids is 2. The lowest BCUT2D eigenvalue weighted by Gasteiger charge is -2.26. The molecule has 1 aliphatic rings. The number of thiophene rings is 1. The van der Waals surface area contributed by atoms with Gasteiger partial charge in [0.25, 0.3) is 5.91 Å². The Morgan fingerprint density at radius 2 is 2.08 bits per heavy atom. The third kappa shape index (κ3) is 3.87. The Hall–Kier alpha value is -2.02. The van der Waals surface area contributed by atoms with Gasteiger partial charge in [-0.05, 0) is 56.6 Å². The Bertz CT molecular complexity index is 830. The van der Waals surface area contributed by atoms with Crippen molar-refractivity contribution < 1.29 is 14.7 Å². The average Bonchev–Trinajstić information content (AvgIpc) is 3.20. The standard InChI is InChI=1S/C20H24N2O3S/c1-14(23)18-17(7-10-26-18)15-5-4-6-16(11-15)19(24)22-9-8-20(25,13-22)12-21(2)3/h4-7,10-11,25H,8-9,12-13H2,1-3H3/t20-/m1/s1. The highest BCUT2D eigenvalue weighted by atomic mass is 32.1. The van der Waals surface area contributed by atoms with Crippen molar-refractivity contribution in [2.45, 2.75) is 18.9 Å². The summed E-state index contributed by atoms with van der Waals surface area (Å²) in [4.78, 5) is 29.0. The highest BCUT2D eigenvalue weighted by Gasteiger charge is 2.38. The van der Waals surface area contributed by atoms with Gasteiger partial charge in [-0.1, -0.05) is 12.1 Å². The van der Waals surface area contributed by atoms with Crippen LogP contribution in [0.4, 0.5) is 0 Å². The van der Waals surface area contributed by atoms with Gasteiger partial charge in [0, 0.05) is 24.2 Å². The van der Waals surface area contributed by atoms with Crippen LogP contribution in [0, 0.1) is 0 Å². The van der Waals surface area contributed by atoms with Gasteiger partial charge in [0.15, 0.2) is 5.78 Å². The molecule has 1 amide bonds. The van der Waals surface area contributed by atoms with Crippen LogP contribution in [0.3, 0.4) is 0 Å². The van der Waals surface area contributed by atoms with E-state index in [9.17, 15) is 14.7 Å². The summed E-state index contributed by atoms with van der Waals surface area (Å²) < 4.78 is 0. The molecule has 0 aliphatic carbocycles. The lowest BCUT2D eigenvalue weighted by molar-refractivity contribution is 0.0236. The fraction of sp³-hybridized carbons (Fsp3) is 0.400. The van der Waals surface area contributed by atoms with E-state index < -0.39 is 5.60 Å². The maximum absolute atomic E-state index is 12.9. The van der Waals surface area contributed by atoms with E-state index in [-0.39, 0.29) is 11.7 Å². The van der Waals surface area contributed by atoms with E-state index in [2.05, 4.69) is 0 Å². The minimum Gasteiger partial charge on any atom is -0.387 e. The molecule has 138 valence electrons. The number of nitrogens with zero attached hydrogens (tertiary/aromatic N) is 2. The molecule has 1 saturated heterocycles. The molecular weight excluding hydrogens is 348 g/mol. The maximum atomic E-state index is 12.9. The van der Waals surface area contributed by atoms with Crippen molar-refractivity contribution in [3.05, 3.63) is 46.2 Å². The molecular formula is C20H24N2O3S. The zero-order valence-corrected chi connectivity index (χ0v) is 16.2. The van der Waals surface area contributed by atoms with Crippen molar-refractivity contribution >= 4 is 23.0 Å². The molecule has 0 spiro atoms. The molecule has 1 N–H and O–H groups in total. The minimum absolute atomic E-state index is 0.0278. The topological polar surface area (TPSA) is 60.9 Å². The van der Waals surface area contributed by atoms with E-state index in [1.165, 1.54) is 11.3 Å². The van der Waals surface area contributed by atoms with Crippen LogP contribution in [0.1, 0.15) is 33.4 Å². The first-order chi connectivity index (χ1) is 12.3. The van der Waals surface area contributed by atoms with Gasteiger partial charge in [0.05, 0.1) is 17.0 Å². The fourth-order valence-corrected chi connectivity index (χ4v) is 4.38. The quantitative estimate of drug-likeness (QED) is 0.820. The van der Waals surface area contributed by atoms with Crippen LogP contribution in [0.25, 0.3) is 11.1 Å². The van der Waals surface area contributed by atoms with Gasteiger partial charge in [-0.25, -0.2) is 0 Å². The van der Waals surface area contributed by atoms with Gasteiger partial charge in [0.2, 0.25) is 0 Å². The molecule has 1 atom stereocenters. The number of carbonyl (C=O) groups is 2. The first kappa shape index (κ1) is 18.8. The van der Waals surface area contributed by atoms with Crippen LogP contribution >= 0.6 is 11.3 Å². The highest BCUT2D eigenvalue weighted by molar-refractivity contribution is 7.12. The summed E-state index contributed by atoms with van der Waals surface area (Å²) in [7, 11) is 3.83. The molecule has 2 aromatic rings. The van der Waals surface area contributed by atoms with E-state index in [4.69, 9.17) is 0 Å². The number of hydrogen-bond acceptors (Lipinski definition) is 5. The van der Waals surface area contributed by atoms with Crippen LogP contribution < -0.4 is 0 Å². The summed E-state index contributed by atoms with van der Waals surface area (Å²) in [5.74, 6) is -0.0545. The summed E-state index contributed by atoms with van der Waals surface area (Å²) in [6.07, 6.45) is 0.579. The normalized spacial score (nSPS) is 20.0. The van der Waals surface area contributed by atoms with Crippen molar-refractivity contribution in [1.82, 2.24) is 9.80 Å². The van der Waals surface area contributed by atoms with Crippen LogP contribution in [0.15, 0.2) is 35.7 Å². The second-order valence-electron chi connectivity index (χ2n) is 7.24. The van der Waals surface area contributed by atoms with Crippen molar-refractivity contribution in [3.63, 3.8) is 0 Å². The third-order valence-electron chi connectivity index (χ3n) is 4.64. The first-order valence-corrected chi connectivity index (χ1v) is 9.52. The van der Waals surface area contributed by atoms with E-state index in [1.807, 2.05) is 48.6 Å². The van der Waals surface area contributed by atoms with Crippen molar-refractivity contribution in [2.24, 2.45) is 0 Å². The maximum Gasteiger partial charge on any atom is 0.253 e. The van der Waals surface area contributed by atoms with Gasteiger partial charge in [0.1, 0.15) is 0 Å². The molecule has 2 heterocycles. The molecule has 0 saturated carbocycles. The molecule has 1 aromatic heterocycles. The number of hydrogen-bond donors (Lipinski definition) is 1. The predicted octanol–water partition coefficient (Wildman–Crippen LogP) is 2.76. The van der Waals surface area contributed by atoms with E-state index in [0.29, 0.717) is 36.5 Å². The third-order valence-corrected chi connectivity index (χ3v) is 5.65. The van der Waals surface area contributed by atoms with Crippen molar-refractivity contribution in [2.75, 3.05) is 33.7 Å². The van der Waals surface area contributed by atoms with Crippen molar-refractivity contribution in [3.8, 4) is 11.1 Å². The van der Waals surface area contributed by atoms with E-state index in [1.54, 1.807) is 17.9 Å². The molecule has 0 radical (unpaired) electrons. The molecule has 26 heavy (non-hydrogen) atoms. The summed E-state index contributed by atoms with van der Waals surface area (Å²) in [6, 6.07) is 9.29. The van der Waals surface area contributed by atoms with Crippen LogP contribution in [-0.4, -0.2) is 65.9 Å². The van der Waals surface area contributed by atoms with Crippen LogP contribution in [0.5, 0.6) is 0 Å². The van der Waals surface area contributed by atoms with Crippen LogP contribution in [-0.2, 0) is 0 Å². The number of amides is 1. The summed E-state index contributed by atoms with van der Waals surface area (Å²) in [6.45, 7) is 2.98. The van der Waals surface area contributed by atoms with Gasteiger partial charge < -0.3 is 14.9 Å². The molecule has 0 bridgehead atoms. The number of aliphatic hydroxyl groups is 1. The zero-order valence-electron chi connectivity index (χ0n) is 15.4. The highest BCUT2D eigenvalue weighted by Crippen LogP contribution is 2.30. The number of Topliss-reactive ketones (excluding diaryl/α,β-unsaturated/α-hetero) is 1. The molecule has 3 rings (SSSR count). The SMILES string of the molecule is CC(=O)c1sccc1-c1cccc(C(=O)N2CC[C@@](O)(CN(C)C)C2)c1. The second kappa shape index (κ2) is 7.31. The molecule has 1 fully saturated rings. The minimum atomic E-state index is -0.855. The van der Waals surface area contributed by atoms with Gasteiger partial charge in [-0.2, -0.15) is 0 Å². The Morgan fingerprint density at radius 1 is 1.31 bits per heavy atom. The number of β-amino-alcohol motifs (C(OH)–C–C–N with tert-alkyl or cyclic N) is 1. The Balaban J connectivity index is 1.81. The summed E-state index contributed by atoms with van der Waals surface area (Å²) in [5, 5.41) is 12.5.